The number of nitrogens with two attached hydrogens (primary N) is 1. The molecule has 0 spiro atoms. The molecular weight excluding hydrogens is 204 g/mol. The minimum absolute atomic E-state index is 0.0437. The molecule has 2 rings (SSSR count). The highest BCUT2D eigenvalue weighted by Crippen LogP contribution is 2.33. The Morgan fingerprint density at radius 2 is 2.00 bits per heavy atom. The smallest absolute Gasteiger partial charge is 0.0743 e. The Kier molecular flexibility index (Phi) is 3.85. The normalized spacial score (nSPS) is 37.1. The van der Waals surface area contributed by atoms with Crippen molar-refractivity contribution in [2.75, 3.05) is 33.4 Å². The van der Waals surface area contributed by atoms with Gasteiger partial charge in [-0.1, -0.05) is 0 Å². The molecule has 0 aromatic heterocycles. The third-order valence-corrected chi connectivity index (χ3v) is 4.45. The molecule has 2 atom stereocenters. The molecule has 2 saturated heterocycles. The topological polar surface area (TPSA) is 47.7 Å². The van der Waals surface area contributed by atoms with Crippen LogP contribution in [-0.2, 0) is 9.47 Å². The molecule has 0 bridgehead atoms. The molecule has 0 aromatic carbocycles. The second kappa shape index (κ2) is 5.00. The van der Waals surface area contributed by atoms with Crippen LogP contribution in [0.25, 0.3) is 0 Å². The summed E-state index contributed by atoms with van der Waals surface area (Å²) in [5.41, 5.74) is 6.06. The van der Waals surface area contributed by atoms with Crippen LogP contribution in [0.5, 0.6) is 0 Å². The second-order valence-electron chi connectivity index (χ2n) is 5.03. The van der Waals surface area contributed by atoms with Gasteiger partial charge in [0.1, 0.15) is 0 Å². The predicted octanol–water partition coefficient (Wildman–Crippen LogP) is 0.604. The lowest BCUT2D eigenvalue weighted by Crippen LogP contribution is -2.60. The lowest BCUT2D eigenvalue weighted by molar-refractivity contribution is -0.0303. The van der Waals surface area contributed by atoms with E-state index in [-0.39, 0.29) is 11.6 Å². The summed E-state index contributed by atoms with van der Waals surface area (Å²) in [5.74, 6) is 0. The molecule has 2 aliphatic rings. The average Bonchev–Trinajstić information content (AvgIpc) is 2.72. The van der Waals surface area contributed by atoms with E-state index in [0.717, 1.165) is 39.1 Å². The van der Waals surface area contributed by atoms with E-state index >= 15 is 0 Å². The van der Waals surface area contributed by atoms with Crippen molar-refractivity contribution in [3.05, 3.63) is 0 Å². The van der Waals surface area contributed by atoms with E-state index < -0.39 is 0 Å². The van der Waals surface area contributed by atoms with Gasteiger partial charge in [-0.2, -0.15) is 0 Å². The van der Waals surface area contributed by atoms with Crippen molar-refractivity contribution in [2.45, 2.75) is 43.9 Å². The van der Waals surface area contributed by atoms with Gasteiger partial charge in [-0.3, -0.25) is 4.90 Å². The zero-order valence-corrected chi connectivity index (χ0v) is 10.4. The van der Waals surface area contributed by atoms with Gasteiger partial charge in [0.05, 0.1) is 11.6 Å². The Labute approximate surface area is 98.1 Å². The highest BCUT2D eigenvalue weighted by atomic mass is 16.5. The first-order chi connectivity index (χ1) is 7.70. The highest BCUT2D eigenvalue weighted by molar-refractivity contribution is 5.01. The number of nitrogens with zero attached hydrogens (tertiary/aromatic N) is 1. The standard InChI is InChI=1S/C12H24N2O2/c1-10-12(9-13,5-8-16-10)14(2)11-3-6-15-7-4-11/h10-11H,3-9,13H2,1-2H3. The Morgan fingerprint density at radius 3 is 2.50 bits per heavy atom. The Balaban J connectivity index is 2.07. The summed E-state index contributed by atoms with van der Waals surface area (Å²) in [5, 5.41) is 0. The maximum Gasteiger partial charge on any atom is 0.0743 e. The molecule has 2 unspecified atom stereocenters. The molecule has 4 nitrogen and oxygen atoms in total. The third kappa shape index (κ3) is 1.99. The fraction of sp³-hybridized carbons (Fsp3) is 1.00. The summed E-state index contributed by atoms with van der Waals surface area (Å²) >= 11 is 0. The van der Waals surface area contributed by atoms with Crippen molar-refractivity contribution >= 4 is 0 Å². The molecule has 2 heterocycles. The van der Waals surface area contributed by atoms with E-state index in [4.69, 9.17) is 15.2 Å². The zero-order chi connectivity index (χ0) is 11.6. The third-order valence-electron chi connectivity index (χ3n) is 4.45. The average molecular weight is 228 g/mol. The van der Waals surface area contributed by atoms with Crippen LogP contribution in [0.3, 0.4) is 0 Å². The molecular formula is C12H24N2O2. The van der Waals surface area contributed by atoms with Crippen molar-refractivity contribution < 1.29 is 9.47 Å². The summed E-state index contributed by atoms with van der Waals surface area (Å²) in [6.07, 6.45) is 3.53. The molecule has 0 radical (unpaired) electrons. The molecule has 2 fully saturated rings. The van der Waals surface area contributed by atoms with Gasteiger partial charge in [-0.25, -0.2) is 0 Å². The van der Waals surface area contributed by atoms with Gasteiger partial charge in [-0.15, -0.1) is 0 Å². The largest absolute Gasteiger partial charge is 0.381 e. The van der Waals surface area contributed by atoms with Gasteiger partial charge < -0.3 is 15.2 Å². The van der Waals surface area contributed by atoms with Crippen LogP contribution in [0.4, 0.5) is 0 Å². The molecule has 0 aromatic rings. The predicted molar refractivity (Wildman–Crippen MR) is 63.4 cm³/mol. The Bertz CT molecular complexity index is 231. The summed E-state index contributed by atoms with van der Waals surface area (Å²) in [6, 6.07) is 0.599. The number of hydrogen-bond acceptors (Lipinski definition) is 4. The number of rotatable bonds is 3. The van der Waals surface area contributed by atoms with Crippen LogP contribution in [-0.4, -0.2) is 56.0 Å². The fourth-order valence-corrected chi connectivity index (χ4v) is 3.08. The summed E-state index contributed by atoms with van der Waals surface area (Å²) in [4.78, 5) is 2.47. The highest BCUT2D eigenvalue weighted by Gasteiger charge is 2.46. The van der Waals surface area contributed by atoms with E-state index in [2.05, 4.69) is 18.9 Å². The minimum atomic E-state index is 0.0437. The first kappa shape index (κ1) is 12.3. The van der Waals surface area contributed by atoms with Crippen molar-refractivity contribution in [3.8, 4) is 0 Å². The molecule has 4 heteroatoms. The molecule has 0 aliphatic carbocycles. The van der Waals surface area contributed by atoms with Crippen molar-refractivity contribution in [2.24, 2.45) is 5.73 Å². The van der Waals surface area contributed by atoms with Crippen molar-refractivity contribution in [1.29, 1.82) is 0 Å². The quantitative estimate of drug-likeness (QED) is 0.768. The lowest BCUT2D eigenvalue weighted by Gasteiger charge is -2.45. The summed E-state index contributed by atoms with van der Waals surface area (Å²) in [7, 11) is 2.20. The van der Waals surface area contributed by atoms with Crippen LogP contribution in [0.1, 0.15) is 26.2 Å². The number of likely N-dealkylation sites (N-methyl/N-ethyl adjacent to an activating group) is 1. The van der Waals surface area contributed by atoms with Gasteiger partial charge in [0.15, 0.2) is 0 Å². The van der Waals surface area contributed by atoms with E-state index in [0.29, 0.717) is 12.6 Å². The molecule has 94 valence electrons. The Hall–Kier alpha value is -0.160. The fourth-order valence-electron chi connectivity index (χ4n) is 3.08. The van der Waals surface area contributed by atoms with Crippen LogP contribution >= 0.6 is 0 Å². The maximum absolute atomic E-state index is 6.01. The molecule has 0 amide bonds. The van der Waals surface area contributed by atoms with Crippen molar-refractivity contribution in [3.63, 3.8) is 0 Å². The summed E-state index contributed by atoms with van der Waals surface area (Å²) in [6.45, 7) is 5.43. The van der Waals surface area contributed by atoms with Gasteiger partial charge in [0.25, 0.3) is 0 Å². The van der Waals surface area contributed by atoms with E-state index in [9.17, 15) is 0 Å². The van der Waals surface area contributed by atoms with E-state index in [1.165, 1.54) is 0 Å². The van der Waals surface area contributed by atoms with Gasteiger partial charge in [0.2, 0.25) is 0 Å². The number of ether oxygens (including phenoxy) is 2. The van der Waals surface area contributed by atoms with Gasteiger partial charge in [-0.05, 0) is 33.2 Å². The van der Waals surface area contributed by atoms with Crippen LogP contribution in [0.15, 0.2) is 0 Å². The zero-order valence-electron chi connectivity index (χ0n) is 10.4. The van der Waals surface area contributed by atoms with E-state index in [1.54, 1.807) is 0 Å². The Morgan fingerprint density at radius 1 is 1.31 bits per heavy atom. The van der Waals surface area contributed by atoms with Crippen LogP contribution in [0, 0.1) is 0 Å². The van der Waals surface area contributed by atoms with Gasteiger partial charge in [0, 0.05) is 32.4 Å². The molecule has 0 saturated carbocycles. The van der Waals surface area contributed by atoms with E-state index in [1.807, 2.05) is 0 Å². The van der Waals surface area contributed by atoms with Crippen LogP contribution in [0.2, 0.25) is 0 Å². The maximum atomic E-state index is 6.01. The summed E-state index contributed by atoms with van der Waals surface area (Å²) < 4.78 is 11.1. The molecule has 2 aliphatic heterocycles. The lowest BCUT2D eigenvalue weighted by atomic mass is 9.87. The molecule has 16 heavy (non-hydrogen) atoms. The minimum Gasteiger partial charge on any atom is -0.381 e. The first-order valence-corrected chi connectivity index (χ1v) is 6.33. The van der Waals surface area contributed by atoms with Gasteiger partial charge >= 0.3 is 0 Å². The van der Waals surface area contributed by atoms with Crippen LogP contribution < -0.4 is 5.73 Å². The van der Waals surface area contributed by atoms with Crippen molar-refractivity contribution in [1.82, 2.24) is 4.90 Å². The first-order valence-electron chi connectivity index (χ1n) is 6.33. The molecule has 2 N–H and O–H groups in total. The SMILES string of the molecule is CC1OCCC1(CN)N(C)C1CCOCC1. The second-order valence-corrected chi connectivity index (χ2v) is 5.03. The number of hydrogen-bond donors (Lipinski definition) is 1. The monoisotopic (exact) mass is 228 g/mol.